The molecule has 182 valence electrons. The Labute approximate surface area is 212 Å². The Morgan fingerprint density at radius 2 is 2.15 bits per heavy atom. The van der Waals surface area contributed by atoms with Gasteiger partial charge in [0.25, 0.3) is 0 Å². The molecule has 1 atom stereocenters. The zero-order valence-corrected chi connectivity index (χ0v) is 22.6. The van der Waals surface area contributed by atoms with Crippen molar-refractivity contribution < 1.29 is 14.3 Å². The summed E-state index contributed by atoms with van der Waals surface area (Å²) in [7, 11) is 1.91. The van der Waals surface area contributed by atoms with Gasteiger partial charge in [-0.3, -0.25) is 4.79 Å². The number of carbonyl (C=O) groups is 2. The third kappa shape index (κ3) is 5.23. The highest BCUT2D eigenvalue weighted by atomic mass is 32.2. The van der Waals surface area contributed by atoms with Crippen molar-refractivity contribution >= 4 is 51.3 Å². The number of nitrogens with one attached hydrogen (secondary N) is 1. The quantitative estimate of drug-likeness (QED) is 0.301. The topological polar surface area (TPSA) is 86.1 Å². The van der Waals surface area contributed by atoms with Crippen molar-refractivity contribution in [2.75, 3.05) is 17.7 Å². The van der Waals surface area contributed by atoms with Crippen LogP contribution in [0.25, 0.3) is 11.4 Å². The van der Waals surface area contributed by atoms with Crippen LogP contribution in [0.2, 0.25) is 0 Å². The number of aromatic nitrogens is 3. The Morgan fingerprint density at radius 3 is 2.85 bits per heavy atom. The minimum atomic E-state index is -0.355. The smallest absolute Gasteiger partial charge is 0.341 e. The fourth-order valence-electron chi connectivity index (χ4n) is 4.02. The summed E-state index contributed by atoms with van der Waals surface area (Å²) in [6.07, 6.45) is 2.81. The summed E-state index contributed by atoms with van der Waals surface area (Å²) in [5.74, 6) is 1.47. The Bertz CT molecular complexity index is 1190. The van der Waals surface area contributed by atoms with E-state index >= 15 is 0 Å². The van der Waals surface area contributed by atoms with Gasteiger partial charge in [-0.05, 0) is 49.7 Å². The summed E-state index contributed by atoms with van der Waals surface area (Å²) in [6, 6.07) is 2.15. The molecule has 3 aromatic heterocycles. The number of amides is 1. The van der Waals surface area contributed by atoms with Gasteiger partial charge in [-0.2, -0.15) is 0 Å². The summed E-state index contributed by atoms with van der Waals surface area (Å²) in [5, 5.41) is 15.0. The average Bonchev–Trinajstić information content (AvgIpc) is 3.49. The van der Waals surface area contributed by atoms with Crippen LogP contribution in [0.4, 0.5) is 5.00 Å². The van der Waals surface area contributed by atoms with Gasteiger partial charge in [0.1, 0.15) is 5.00 Å². The minimum absolute atomic E-state index is 0.175. The van der Waals surface area contributed by atoms with Gasteiger partial charge in [0.15, 0.2) is 11.0 Å². The van der Waals surface area contributed by atoms with Gasteiger partial charge in [-0.1, -0.05) is 32.5 Å². The van der Waals surface area contributed by atoms with Crippen LogP contribution in [0.5, 0.6) is 0 Å². The van der Waals surface area contributed by atoms with E-state index in [0.29, 0.717) is 34.2 Å². The molecule has 0 bridgehead atoms. The number of hydrogen-bond donors (Lipinski definition) is 1. The molecular weight excluding hydrogens is 488 g/mol. The van der Waals surface area contributed by atoms with Gasteiger partial charge in [0.05, 0.1) is 17.9 Å². The molecule has 0 aliphatic heterocycles. The Morgan fingerprint density at radius 1 is 1.35 bits per heavy atom. The Kier molecular flexibility index (Phi) is 7.79. The van der Waals surface area contributed by atoms with E-state index in [1.54, 1.807) is 18.3 Å². The van der Waals surface area contributed by atoms with Gasteiger partial charge >= 0.3 is 5.97 Å². The van der Waals surface area contributed by atoms with E-state index in [4.69, 9.17) is 4.74 Å². The van der Waals surface area contributed by atoms with Crippen molar-refractivity contribution in [1.29, 1.82) is 0 Å². The number of esters is 1. The maximum absolute atomic E-state index is 12.8. The summed E-state index contributed by atoms with van der Waals surface area (Å²) >= 11 is 4.56. The lowest BCUT2D eigenvalue weighted by molar-refractivity contribution is -0.113. The van der Waals surface area contributed by atoms with Gasteiger partial charge < -0.3 is 14.6 Å². The lowest BCUT2D eigenvalue weighted by Crippen LogP contribution is -2.18. The first-order valence-electron chi connectivity index (χ1n) is 11.5. The highest BCUT2D eigenvalue weighted by Gasteiger charge is 2.29. The molecule has 1 aliphatic carbocycles. The number of hydrogen-bond acceptors (Lipinski definition) is 8. The highest BCUT2D eigenvalue weighted by Crippen LogP contribution is 2.40. The molecule has 1 aliphatic rings. The number of ether oxygens (including phenoxy) is 1. The van der Waals surface area contributed by atoms with Crippen LogP contribution in [0.3, 0.4) is 0 Å². The summed E-state index contributed by atoms with van der Waals surface area (Å²) in [4.78, 5) is 28.0. The summed E-state index contributed by atoms with van der Waals surface area (Å²) in [6.45, 7) is 8.66. The summed E-state index contributed by atoms with van der Waals surface area (Å²) < 4.78 is 7.21. The maximum Gasteiger partial charge on any atom is 0.341 e. The normalized spacial score (nSPS) is 15.4. The molecule has 0 radical (unpaired) electrons. The van der Waals surface area contributed by atoms with Gasteiger partial charge in [-0.15, -0.1) is 32.9 Å². The van der Waals surface area contributed by atoms with E-state index in [9.17, 15) is 9.59 Å². The number of fused-ring (bicyclic) bond motifs is 1. The number of thiophene rings is 2. The van der Waals surface area contributed by atoms with Crippen molar-refractivity contribution in [1.82, 2.24) is 14.8 Å². The van der Waals surface area contributed by atoms with Crippen LogP contribution in [-0.4, -0.2) is 39.0 Å². The molecule has 7 nitrogen and oxygen atoms in total. The fraction of sp³-hybridized carbons (Fsp3) is 0.500. The molecule has 4 rings (SSSR count). The van der Waals surface area contributed by atoms with Crippen molar-refractivity contribution in [3.05, 3.63) is 32.3 Å². The van der Waals surface area contributed by atoms with Crippen LogP contribution >= 0.6 is 34.4 Å². The van der Waals surface area contributed by atoms with E-state index in [1.165, 1.54) is 32.9 Å². The van der Waals surface area contributed by atoms with Gasteiger partial charge in [0, 0.05) is 27.7 Å². The van der Waals surface area contributed by atoms with E-state index in [1.807, 2.05) is 11.6 Å². The first kappa shape index (κ1) is 24.9. The molecule has 1 unspecified atom stereocenters. The zero-order valence-electron chi connectivity index (χ0n) is 20.1. The van der Waals surface area contributed by atoms with Crippen LogP contribution in [0, 0.1) is 5.92 Å². The number of nitrogens with zero attached hydrogens (tertiary/aromatic N) is 3. The van der Waals surface area contributed by atoms with Crippen LogP contribution < -0.4 is 5.32 Å². The number of carbonyl (C=O) groups excluding carboxylic acids is 2. The van der Waals surface area contributed by atoms with E-state index in [2.05, 4.69) is 47.7 Å². The van der Waals surface area contributed by atoms with E-state index in [-0.39, 0.29) is 17.6 Å². The molecule has 0 saturated heterocycles. The lowest BCUT2D eigenvalue weighted by atomic mass is 9.88. The molecular formula is C24H30N4O3S3. The molecule has 1 amide bonds. The molecule has 0 saturated carbocycles. The molecule has 10 heteroatoms. The van der Waals surface area contributed by atoms with Crippen molar-refractivity contribution in [3.63, 3.8) is 0 Å². The Hall–Kier alpha value is -2.17. The third-order valence-corrected chi connectivity index (χ3v) is 9.28. The number of anilines is 1. The zero-order chi connectivity index (χ0) is 24.4. The predicted octanol–water partition coefficient (Wildman–Crippen LogP) is 5.76. The Balaban J connectivity index is 1.46. The number of thioether (sulfide) groups is 1. The molecule has 0 aromatic carbocycles. The lowest BCUT2D eigenvalue weighted by Gasteiger charge is -2.18. The highest BCUT2D eigenvalue weighted by molar-refractivity contribution is 7.99. The first-order chi connectivity index (χ1) is 16.3. The largest absolute Gasteiger partial charge is 0.462 e. The van der Waals surface area contributed by atoms with Crippen LogP contribution in [0.1, 0.15) is 65.7 Å². The fourth-order valence-corrected chi connectivity index (χ4v) is 7.05. The standard InChI is InChI=1S/C24H30N4O3S3/c1-6-31-23(30)20-16-8-7-14(4)9-18(16)34-22(20)25-19(29)12-33-24-27-26-21(28(24)5)15-10-17(13(2)3)32-11-15/h10-11,13-14H,6-9,12H2,1-5H3,(H,25,29). The third-order valence-electron chi connectivity index (χ3n) is 5.86. The van der Waals surface area contributed by atoms with Gasteiger partial charge in [-0.25, -0.2) is 4.79 Å². The minimum Gasteiger partial charge on any atom is -0.462 e. The van der Waals surface area contributed by atoms with Crippen LogP contribution in [-0.2, 0) is 29.4 Å². The SMILES string of the molecule is CCOC(=O)c1c(NC(=O)CSc2nnc(-c3csc(C(C)C)c3)n2C)sc2c1CCC(C)C2. The molecule has 3 aromatic rings. The second kappa shape index (κ2) is 10.6. The van der Waals surface area contributed by atoms with Crippen molar-refractivity contribution in [3.8, 4) is 11.4 Å². The van der Waals surface area contributed by atoms with Gasteiger partial charge in [0.2, 0.25) is 5.91 Å². The first-order valence-corrected chi connectivity index (χ1v) is 14.2. The van der Waals surface area contributed by atoms with Crippen molar-refractivity contribution in [2.24, 2.45) is 13.0 Å². The van der Waals surface area contributed by atoms with Crippen LogP contribution in [0.15, 0.2) is 16.6 Å². The van der Waals surface area contributed by atoms with E-state index < -0.39 is 0 Å². The average molecular weight is 519 g/mol. The summed E-state index contributed by atoms with van der Waals surface area (Å²) in [5.41, 5.74) is 2.61. The second-order valence-electron chi connectivity index (χ2n) is 8.87. The van der Waals surface area contributed by atoms with Crippen molar-refractivity contribution in [2.45, 2.75) is 58.0 Å². The monoisotopic (exact) mass is 518 g/mol. The van der Waals surface area contributed by atoms with E-state index in [0.717, 1.165) is 36.2 Å². The maximum atomic E-state index is 12.8. The second-order valence-corrected chi connectivity index (χ2v) is 11.9. The predicted molar refractivity (Wildman–Crippen MR) is 139 cm³/mol. The number of rotatable bonds is 8. The molecule has 3 heterocycles. The molecule has 1 N–H and O–H groups in total. The molecule has 0 fully saturated rings. The molecule has 34 heavy (non-hydrogen) atoms. The molecule has 0 spiro atoms.